The van der Waals surface area contributed by atoms with Gasteiger partial charge in [0.1, 0.15) is 17.4 Å². The second kappa shape index (κ2) is 3.93. The number of halogens is 2. The van der Waals surface area contributed by atoms with Crippen LogP contribution >= 0.6 is 0 Å². The van der Waals surface area contributed by atoms with Crippen LogP contribution < -0.4 is 0 Å². The maximum atomic E-state index is 13.2. The standard InChI is InChI=1S/C13H10F2O/c1-8-4-9(6-11(15)5-8)12-7-10(14)2-3-13(12)16/h2-7,16H,1H3. The Kier molecular flexibility index (Phi) is 2.60. The molecule has 0 saturated carbocycles. The maximum Gasteiger partial charge on any atom is 0.124 e. The normalized spacial score (nSPS) is 10.4. The molecule has 0 amide bonds. The molecule has 0 aliphatic heterocycles. The Balaban J connectivity index is 2.62. The van der Waals surface area contributed by atoms with E-state index in [1.807, 2.05) is 0 Å². The second-order valence-electron chi connectivity index (χ2n) is 3.68. The Morgan fingerprint density at radius 3 is 2.38 bits per heavy atom. The molecule has 0 fully saturated rings. The zero-order valence-electron chi connectivity index (χ0n) is 8.67. The van der Waals surface area contributed by atoms with E-state index in [9.17, 15) is 13.9 Å². The molecule has 1 N–H and O–H groups in total. The van der Waals surface area contributed by atoms with Crippen molar-refractivity contribution in [1.82, 2.24) is 0 Å². The van der Waals surface area contributed by atoms with E-state index in [-0.39, 0.29) is 5.75 Å². The molecule has 3 heteroatoms. The number of hydrogen-bond donors (Lipinski definition) is 1. The van der Waals surface area contributed by atoms with Gasteiger partial charge in [-0.05, 0) is 48.4 Å². The average molecular weight is 220 g/mol. The molecule has 0 spiro atoms. The van der Waals surface area contributed by atoms with Gasteiger partial charge in [0.25, 0.3) is 0 Å². The Morgan fingerprint density at radius 1 is 0.938 bits per heavy atom. The molecule has 0 heterocycles. The fourth-order valence-electron chi connectivity index (χ4n) is 1.63. The van der Waals surface area contributed by atoms with Crippen molar-refractivity contribution < 1.29 is 13.9 Å². The highest BCUT2D eigenvalue weighted by Gasteiger charge is 2.07. The molecule has 2 aromatic rings. The van der Waals surface area contributed by atoms with Gasteiger partial charge in [-0.15, -0.1) is 0 Å². The summed E-state index contributed by atoms with van der Waals surface area (Å²) >= 11 is 0. The van der Waals surface area contributed by atoms with E-state index in [4.69, 9.17) is 0 Å². The molecule has 2 rings (SSSR count). The van der Waals surface area contributed by atoms with Crippen LogP contribution in [0.15, 0.2) is 36.4 Å². The lowest BCUT2D eigenvalue weighted by Gasteiger charge is -2.06. The maximum absolute atomic E-state index is 13.2. The third-order valence-corrected chi connectivity index (χ3v) is 2.31. The number of benzene rings is 2. The summed E-state index contributed by atoms with van der Waals surface area (Å²) in [6, 6.07) is 7.93. The summed E-state index contributed by atoms with van der Waals surface area (Å²) in [7, 11) is 0. The lowest BCUT2D eigenvalue weighted by Crippen LogP contribution is -1.85. The first-order valence-electron chi connectivity index (χ1n) is 4.82. The van der Waals surface area contributed by atoms with Gasteiger partial charge >= 0.3 is 0 Å². The van der Waals surface area contributed by atoms with Gasteiger partial charge < -0.3 is 5.11 Å². The summed E-state index contributed by atoms with van der Waals surface area (Å²) in [6.45, 7) is 1.74. The third kappa shape index (κ3) is 2.03. The van der Waals surface area contributed by atoms with E-state index in [1.54, 1.807) is 13.0 Å². The number of hydrogen-bond acceptors (Lipinski definition) is 1. The highest BCUT2D eigenvalue weighted by molar-refractivity contribution is 5.70. The zero-order chi connectivity index (χ0) is 11.7. The molecule has 0 aromatic heterocycles. The molecule has 2 aromatic carbocycles. The zero-order valence-corrected chi connectivity index (χ0v) is 8.67. The molecule has 0 aliphatic rings. The third-order valence-electron chi connectivity index (χ3n) is 2.31. The van der Waals surface area contributed by atoms with E-state index in [0.717, 1.165) is 11.6 Å². The van der Waals surface area contributed by atoms with Crippen LogP contribution in [0.3, 0.4) is 0 Å². The van der Waals surface area contributed by atoms with Gasteiger partial charge in [0.2, 0.25) is 0 Å². The summed E-state index contributed by atoms with van der Waals surface area (Å²) in [5.41, 5.74) is 1.48. The summed E-state index contributed by atoms with van der Waals surface area (Å²) in [5, 5.41) is 9.58. The summed E-state index contributed by atoms with van der Waals surface area (Å²) in [4.78, 5) is 0. The molecule has 0 saturated heterocycles. The highest BCUT2D eigenvalue weighted by Crippen LogP contribution is 2.30. The number of phenolic OH excluding ortho intramolecular Hbond substituents is 1. The Bertz CT molecular complexity index is 515. The van der Waals surface area contributed by atoms with Crippen LogP contribution in [-0.4, -0.2) is 5.11 Å². The molecule has 0 bridgehead atoms. The van der Waals surface area contributed by atoms with Crippen LogP contribution in [0, 0.1) is 18.6 Å². The number of aromatic hydroxyl groups is 1. The van der Waals surface area contributed by atoms with Crippen molar-refractivity contribution in [3.8, 4) is 16.9 Å². The van der Waals surface area contributed by atoms with Crippen LogP contribution in [0.4, 0.5) is 8.78 Å². The van der Waals surface area contributed by atoms with Crippen LogP contribution in [0.25, 0.3) is 11.1 Å². The van der Waals surface area contributed by atoms with E-state index in [0.29, 0.717) is 11.1 Å². The average Bonchev–Trinajstić information content (AvgIpc) is 2.20. The van der Waals surface area contributed by atoms with Crippen molar-refractivity contribution in [2.45, 2.75) is 6.92 Å². The summed E-state index contributed by atoms with van der Waals surface area (Å²) < 4.78 is 26.2. The summed E-state index contributed by atoms with van der Waals surface area (Å²) in [5.74, 6) is -0.931. The smallest absolute Gasteiger partial charge is 0.124 e. The Morgan fingerprint density at radius 2 is 1.69 bits per heavy atom. The monoisotopic (exact) mass is 220 g/mol. The van der Waals surface area contributed by atoms with Gasteiger partial charge in [0, 0.05) is 5.56 Å². The van der Waals surface area contributed by atoms with Crippen molar-refractivity contribution in [1.29, 1.82) is 0 Å². The van der Waals surface area contributed by atoms with Gasteiger partial charge in [0.05, 0.1) is 0 Å². The van der Waals surface area contributed by atoms with Gasteiger partial charge in [-0.1, -0.05) is 6.07 Å². The highest BCUT2D eigenvalue weighted by atomic mass is 19.1. The van der Waals surface area contributed by atoms with Crippen molar-refractivity contribution in [2.75, 3.05) is 0 Å². The fraction of sp³-hybridized carbons (Fsp3) is 0.0769. The molecule has 0 aliphatic carbocycles. The largest absolute Gasteiger partial charge is 0.507 e. The molecule has 16 heavy (non-hydrogen) atoms. The predicted molar refractivity (Wildman–Crippen MR) is 58.2 cm³/mol. The van der Waals surface area contributed by atoms with Gasteiger partial charge in [-0.25, -0.2) is 8.78 Å². The van der Waals surface area contributed by atoms with Crippen molar-refractivity contribution >= 4 is 0 Å². The van der Waals surface area contributed by atoms with Crippen LogP contribution in [0.2, 0.25) is 0 Å². The van der Waals surface area contributed by atoms with Crippen LogP contribution in [0.5, 0.6) is 5.75 Å². The number of phenols is 1. The SMILES string of the molecule is Cc1cc(F)cc(-c2cc(F)ccc2O)c1. The molecule has 0 atom stereocenters. The fourth-order valence-corrected chi connectivity index (χ4v) is 1.63. The minimum atomic E-state index is -0.463. The lowest BCUT2D eigenvalue weighted by atomic mass is 10.0. The molecular weight excluding hydrogens is 210 g/mol. The molecule has 0 unspecified atom stereocenters. The molecule has 0 radical (unpaired) electrons. The van der Waals surface area contributed by atoms with Crippen molar-refractivity contribution in [2.24, 2.45) is 0 Å². The lowest BCUT2D eigenvalue weighted by molar-refractivity contribution is 0.475. The van der Waals surface area contributed by atoms with E-state index >= 15 is 0 Å². The first-order chi connectivity index (χ1) is 7.56. The van der Waals surface area contributed by atoms with E-state index in [1.165, 1.54) is 24.3 Å². The van der Waals surface area contributed by atoms with Gasteiger partial charge in [-0.3, -0.25) is 0 Å². The topological polar surface area (TPSA) is 20.2 Å². The van der Waals surface area contributed by atoms with Crippen LogP contribution in [0.1, 0.15) is 5.56 Å². The molecular formula is C13H10F2O. The number of aryl methyl sites for hydroxylation is 1. The minimum Gasteiger partial charge on any atom is -0.507 e. The van der Waals surface area contributed by atoms with Gasteiger partial charge in [0.15, 0.2) is 0 Å². The molecule has 82 valence electrons. The first-order valence-corrected chi connectivity index (χ1v) is 4.82. The molecule has 1 nitrogen and oxygen atoms in total. The van der Waals surface area contributed by atoms with E-state index in [2.05, 4.69) is 0 Å². The Hall–Kier alpha value is -1.90. The summed E-state index contributed by atoms with van der Waals surface area (Å²) in [6.07, 6.45) is 0. The second-order valence-corrected chi connectivity index (χ2v) is 3.68. The van der Waals surface area contributed by atoms with Crippen molar-refractivity contribution in [3.63, 3.8) is 0 Å². The predicted octanol–water partition coefficient (Wildman–Crippen LogP) is 3.65. The number of rotatable bonds is 1. The first kappa shape index (κ1) is 10.6. The Labute approximate surface area is 92.0 Å². The minimum absolute atomic E-state index is 0.0635. The van der Waals surface area contributed by atoms with Crippen molar-refractivity contribution in [3.05, 3.63) is 53.6 Å². The van der Waals surface area contributed by atoms with Gasteiger partial charge in [-0.2, -0.15) is 0 Å². The quantitative estimate of drug-likeness (QED) is 0.777. The van der Waals surface area contributed by atoms with E-state index < -0.39 is 11.6 Å². The van der Waals surface area contributed by atoms with Crippen LogP contribution in [-0.2, 0) is 0 Å².